The number of hydrogen-bond acceptors (Lipinski definition) is 4. The summed E-state index contributed by atoms with van der Waals surface area (Å²) >= 11 is 9.61. The number of halogens is 3. The van der Waals surface area contributed by atoms with E-state index >= 15 is 0 Å². The third kappa shape index (κ3) is 5.57. The minimum absolute atomic E-state index is 0.213. The fourth-order valence-corrected chi connectivity index (χ4v) is 3.81. The van der Waals surface area contributed by atoms with Gasteiger partial charge >= 0.3 is 0 Å². The Bertz CT molecular complexity index is 784. The second-order valence-electron chi connectivity index (χ2n) is 6.40. The molecule has 0 radical (unpaired) electrons. The number of benzene rings is 2. The molecule has 27 heavy (non-hydrogen) atoms. The molecule has 0 aliphatic carbocycles. The zero-order valence-electron chi connectivity index (χ0n) is 15.1. The van der Waals surface area contributed by atoms with Gasteiger partial charge in [0.1, 0.15) is 12.4 Å². The molecule has 0 bridgehead atoms. The Kier molecular flexibility index (Phi) is 7.35. The Morgan fingerprint density at radius 2 is 2.19 bits per heavy atom. The summed E-state index contributed by atoms with van der Waals surface area (Å²) in [6.07, 6.45) is 2.55. The van der Waals surface area contributed by atoms with E-state index in [1.165, 1.54) is 12.1 Å². The lowest BCUT2D eigenvalue weighted by Crippen LogP contribution is -2.25. The van der Waals surface area contributed by atoms with Crippen molar-refractivity contribution in [2.45, 2.75) is 32.1 Å². The first kappa shape index (κ1) is 20.4. The highest BCUT2D eigenvalue weighted by Crippen LogP contribution is 2.37. The lowest BCUT2D eigenvalue weighted by molar-refractivity contribution is 0.110. The van der Waals surface area contributed by atoms with E-state index in [9.17, 15) is 4.39 Å². The summed E-state index contributed by atoms with van der Waals surface area (Å²) in [5.41, 5.74) is 1.78. The third-order valence-electron chi connectivity index (χ3n) is 4.40. The average molecular weight is 459 g/mol. The van der Waals surface area contributed by atoms with E-state index in [0.29, 0.717) is 34.7 Å². The molecule has 2 aromatic rings. The summed E-state index contributed by atoms with van der Waals surface area (Å²) in [7, 11) is 1.60. The predicted octanol–water partition coefficient (Wildman–Crippen LogP) is 5.10. The average Bonchev–Trinajstić information content (AvgIpc) is 3.15. The van der Waals surface area contributed by atoms with Gasteiger partial charge in [-0.15, -0.1) is 0 Å². The van der Waals surface area contributed by atoms with Crippen molar-refractivity contribution in [1.82, 2.24) is 5.32 Å². The molecule has 146 valence electrons. The van der Waals surface area contributed by atoms with Crippen LogP contribution in [0.5, 0.6) is 11.5 Å². The van der Waals surface area contributed by atoms with E-state index in [4.69, 9.17) is 25.8 Å². The summed E-state index contributed by atoms with van der Waals surface area (Å²) in [6, 6.07) is 8.18. The lowest BCUT2D eigenvalue weighted by atomic mass is 10.2. The van der Waals surface area contributed by atoms with Crippen LogP contribution in [-0.4, -0.2) is 26.4 Å². The maximum Gasteiger partial charge on any atom is 0.175 e. The van der Waals surface area contributed by atoms with E-state index in [1.807, 2.05) is 12.1 Å². The summed E-state index contributed by atoms with van der Waals surface area (Å²) < 4.78 is 30.9. The lowest BCUT2D eigenvalue weighted by Gasteiger charge is -2.16. The van der Waals surface area contributed by atoms with Crippen molar-refractivity contribution in [3.63, 3.8) is 0 Å². The molecule has 0 amide bonds. The second-order valence-corrected chi connectivity index (χ2v) is 7.66. The van der Waals surface area contributed by atoms with Crippen molar-refractivity contribution in [3.8, 4) is 11.5 Å². The van der Waals surface area contributed by atoms with Gasteiger partial charge in [0.25, 0.3) is 0 Å². The molecule has 0 saturated carbocycles. The summed E-state index contributed by atoms with van der Waals surface area (Å²) in [5, 5.41) is 3.75. The van der Waals surface area contributed by atoms with Crippen LogP contribution in [0.1, 0.15) is 24.0 Å². The smallest absolute Gasteiger partial charge is 0.175 e. The molecular weight excluding hydrogens is 437 g/mol. The molecule has 1 fully saturated rings. The Labute approximate surface area is 172 Å². The number of rotatable bonds is 8. The summed E-state index contributed by atoms with van der Waals surface area (Å²) in [5.74, 6) is 0.833. The van der Waals surface area contributed by atoms with Crippen LogP contribution in [0.2, 0.25) is 5.02 Å². The van der Waals surface area contributed by atoms with E-state index in [1.54, 1.807) is 13.2 Å². The minimum Gasteiger partial charge on any atom is -0.493 e. The Hall–Kier alpha value is -1.34. The Morgan fingerprint density at radius 1 is 1.33 bits per heavy atom. The minimum atomic E-state index is -0.373. The van der Waals surface area contributed by atoms with Crippen LogP contribution in [0, 0.1) is 5.82 Å². The van der Waals surface area contributed by atoms with Crippen molar-refractivity contribution in [3.05, 3.63) is 56.8 Å². The van der Waals surface area contributed by atoms with Gasteiger partial charge in [-0.1, -0.05) is 17.7 Å². The van der Waals surface area contributed by atoms with Crippen LogP contribution < -0.4 is 14.8 Å². The van der Waals surface area contributed by atoms with Crippen LogP contribution >= 0.6 is 27.5 Å². The van der Waals surface area contributed by atoms with Gasteiger partial charge in [0.15, 0.2) is 11.5 Å². The molecule has 1 unspecified atom stereocenters. The molecule has 1 aliphatic rings. The van der Waals surface area contributed by atoms with Crippen molar-refractivity contribution in [2.75, 3.05) is 20.3 Å². The van der Waals surface area contributed by atoms with Gasteiger partial charge in [-0.25, -0.2) is 4.39 Å². The molecule has 1 heterocycles. The first-order chi connectivity index (χ1) is 13.1. The topological polar surface area (TPSA) is 39.7 Å². The van der Waals surface area contributed by atoms with Crippen molar-refractivity contribution in [1.29, 1.82) is 0 Å². The molecule has 1 atom stereocenters. The fourth-order valence-electron chi connectivity index (χ4n) is 2.99. The molecule has 1 saturated heterocycles. The van der Waals surface area contributed by atoms with Crippen LogP contribution in [0.15, 0.2) is 34.8 Å². The van der Waals surface area contributed by atoms with E-state index < -0.39 is 0 Å². The fraction of sp³-hybridized carbons (Fsp3) is 0.400. The molecule has 2 aromatic carbocycles. The van der Waals surface area contributed by atoms with Gasteiger partial charge in [0.05, 0.1) is 22.7 Å². The normalized spacial score (nSPS) is 16.5. The van der Waals surface area contributed by atoms with Gasteiger partial charge < -0.3 is 19.5 Å². The maximum absolute atomic E-state index is 13.2. The monoisotopic (exact) mass is 457 g/mol. The molecule has 0 aromatic heterocycles. The van der Waals surface area contributed by atoms with Crippen LogP contribution in [-0.2, 0) is 17.9 Å². The molecule has 4 nitrogen and oxygen atoms in total. The largest absolute Gasteiger partial charge is 0.493 e. The van der Waals surface area contributed by atoms with E-state index in [2.05, 4.69) is 21.2 Å². The third-order valence-corrected chi connectivity index (χ3v) is 5.34. The van der Waals surface area contributed by atoms with Crippen molar-refractivity contribution in [2.24, 2.45) is 0 Å². The molecule has 1 N–H and O–H groups in total. The van der Waals surface area contributed by atoms with Crippen molar-refractivity contribution >= 4 is 27.5 Å². The Balaban J connectivity index is 1.64. The zero-order valence-corrected chi connectivity index (χ0v) is 17.4. The number of ether oxygens (including phenoxy) is 3. The number of nitrogens with one attached hydrogen (secondary N) is 1. The first-order valence-electron chi connectivity index (χ1n) is 8.82. The second kappa shape index (κ2) is 9.73. The van der Waals surface area contributed by atoms with Crippen LogP contribution in [0.25, 0.3) is 0 Å². The van der Waals surface area contributed by atoms with E-state index in [-0.39, 0.29) is 12.4 Å². The molecule has 0 spiro atoms. The highest BCUT2D eigenvalue weighted by atomic mass is 79.9. The maximum atomic E-state index is 13.2. The van der Waals surface area contributed by atoms with Crippen LogP contribution in [0.3, 0.4) is 0 Å². The zero-order chi connectivity index (χ0) is 19.2. The van der Waals surface area contributed by atoms with Gasteiger partial charge in [0, 0.05) is 25.3 Å². The molecular formula is C20H22BrClFNO3. The summed E-state index contributed by atoms with van der Waals surface area (Å²) in [6.45, 7) is 2.61. The standard InChI is InChI=1S/C20H22BrClFNO3/c1-25-19-8-13(10-24-11-16-3-2-6-26-16)7-17(21)20(19)27-12-14-4-5-15(23)9-18(14)22/h4-5,7-9,16,24H,2-3,6,10-12H2,1H3. The van der Waals surface area contributed by atoms with E-state index in [0.717, 1.165) is 36.0 Å². The summed E-state index contributed by atoms with van der Waals surface area (Å²) in [4.78, 5) is 0. The Morgan fingerprint density at radius 3 is 2.89 bits per heavy atom. The SMILES string of the molecule is COc1cc(CNCC2CCCO2)cc(Br)c1OCc1ccc(F)cc1Cl. The van der Waals surface area contributed by atoms with Gasteiger partial charge in [0.2, 0.25) is 0 Å². The van der Waals surface area contributed by atoms with Gasteiger partial charge in [-0.2, -0.15) is 0 Å². The highest BCUT2D eigenvalue weighted by Gasteiger charge is 2.16. The molecule has 7 heteroatoms. The first-order valence-corrected chi connectivity index (χ1v) is 9.99. The molecule has 3 rings (SSSR count). The van der Waals surface area contributed by atoms with Crippen LogP contribution in [0.4, 0.5) is 4.39 Å². The quantitative estimate of drug-likeness (QED) is 0.597. The van der Waals surface area contributed by atoms with Gasteiger partial charge in [-0.05, 0) is 58.6 Å². The highest BCUT2D eigenvalue weighted by molar-refractivity contribution is 9.10. The number of methoxy groups -OCH3 is 1. The predicted molar refractivity (Wildman–Crippen MR) is 107 cm³/mol. The molecule has 1 aliphatic heterocycles. The van der Waals surface area contributed by atoms with Crippen molar-refractivity contribution < 1.29 is 18.6 Å². The number of hydrogen-bond donors (Lipinski definition) is 1. The van der Waals surface area contributed by atoms with Gasteiger partial charge in [-0.3, -0.25) is 0 Å².